The molecule has 0 spiro atoms. The number of aromatic nitrogens is 2. The molecule has 0 bridgehead atoms. The minimum absolute atomic E-state index is 0.0485. The largest absolute Gasteiger partial charge is 0.491 e. The Bertz CT molecular complexity index is 723. The van der Waals surface area contributed by atoms with Gasteiger partial charge in [-0.1, -0.05) is 4.49 Å². The fraction of sp³-hybridized carbons (Fsp3) is 0.500. The molecular weight excluding hydrogens is 352 g/mol. The maximum absolute atomic E-state index is 12.1. The summed E-state index contributed by atoms with van der Waals surface area (Å²) in [5, 5.41) is 17.2. The molecule has 0 aliphatic rings. The zero-order valence-electron chi connectivity index (χ0n) is 15.8. The number of carbonyl (C=O) groups is 1. The van der Waals surface area contributed by atoms with Crippen molar-refractivity contribution in [3.05, 3.63) is 30.0 Å². The zero-order valence-corrected chi connectivity index (χ0v) is 16.6. The second-order valence-corrected chi connectivity index (χ2v) is 8.02. The summed E-state index contributed by atoms with van der Waals surface area (Å²) in [7, 11) is 3.37. The number of benzene rings is 1. The number of nitrogens with one attached hydrogen (secondary N) is 1. The van der Waals surface area contributed by atoms with Crippen LogP contribution < -0.4 is 10.1 Å². The monoisotopic (exact) mass is 378 g/mol. The Hall–Kier alpha value is -2.03. The van der Waals surface area contributed by atoms with Crippen LogP contribution in [0.5, 0.6) is 5.75 Å². The van der Waals surface area contributed by atoms with Gasteiger partial charge in [-0.25, -0.2) is 0 Å². The van der Waals surface area contributed by atoms with Crippen molar-refractivity contribution >= 4 is 17.4 Å². The van der Waals surface area contributed by atoms with E-state index in [0.29, 0.717) is 18.0 Å². The Morgan fingerprint density at radius 1 is 1.31 bits per heavy atom. The molecule has 1 aromatic carbocycles. The van der Waals surface area contributed by atoms with Crippen LogP contribution in [0.3, 0.4) is 0 Å². The Morgan fingerprint density at radius 3 is 2.54 bits per heavy atom. The van der Waals surface area contributed by atoms with Crippen LogP contribution in [0.2, 0.25) is 0 Å². The third-order valence-electron chi connectivity index (χ3n) is 3.52. The number of hydrogen-bond acceptors (Lipinski definition) is 7. The van der Waals surface area contributed by atoms with E-state index in [1.807, 2.05) is 45.0 Å². The normalized spacial score (nSPS) is 12.7. The molecule has 7 nitrogen and oxygen atoms in total. The van der Waals surface area contributed by atoms with E-state index in [4.69, 9.17) is 4.74 Å². The molecule has 1 unspecified atom stereocenters. The van der Waals surface area contributed by atoms with Gasteiger partial charge in [0.15, 0.2) is 5.69 Å². The first-order valence-electron chi connectivity index (χ1n) is 8.37. The van der Waals surface area contributed by atoms with Gasteiger partial charge in [-0.05, 0) is 62.1 Å². The van der Waals surface area contributed by atoms with Gasteiger partial charge < -0.3 is 20.1 Å². The summed E-state index contributed by atoms with van der Waals surface area (Å²) in [6.45, 7) is 6.80. The molecule has 0 saturated carbocycles. The molecule has 1 amide bonds. The summed E-state index contributed by atoms with van der Waals surface area (Å²) in [6, 6.07) is 7.33. The second-order valence-electron chi connectivity index (χ2n) is 7.27. The van der Waals surface area contributed by atoms with Gasteiger partial charge >= 0.3 is 0 Å². The van der Waals surface area contributed by atoms with Crippen LogP contribution in [0.4, 0.5) is 0 Å². The molecule has 0 radical (unpaired) electrons. The van der Waals surface area contributed by atoms with Gasteiger partial charge in [0.05, 0.1) is 4.88 Å². The number of hydrogen-bond donors (Lipinski definition) is 2. The summed E-state index contributed by atoms with van der Waals surface area (Å²) >= 11 is 1.18. The summed E-state index contributed by atoms with van der Waals surface area (Å²) in [4.78, 5) is 14.4. The number of aliphatic hydroxyl groups excluding tert-OH is 1. The number of ether oxygens (including phenoxy) is 1. The van der Waals surface area contributed by atoms with Crippen LogP contribution in [0.15, 0.2) is 24.3 Å². The first-order valence-corrected chi connectivity index (χ1v) is 9.15. The number of amides is 1. The number of rotatable bonds is 7. The maximum Gasteiger partial charge on any atom is 0.275 e. The molecule has 1 atom stereocenters. The van der Waals surface area contributed by atoms with E-state index in [1.165, 1.54) is 16.4 Å². The average molecular weight is 378 g/mol. The van der Waals surface area contributed by atoms with Crippen molar-refractivity contribution in [3.8, 4) is 16.2 Å². The van der Waals surface area contributed by atoms with Crippen molar-refractivity contribution in [2.24, 2.45) is 0 Å². The van der Waals surface area contributed by atoms with Gasteiger partial charge in [0.25, 0.3) is 5.91 Å². The van der Waals surface area contributed by atoms with E-state index >= 15 is 0 Å². The quantitative estimate of drug-likeness (QED) is 0.767. The van der Waals surface area contributed by atoms with E-state index < -0.39 is 6.10 Å². The molecule has 2 aromatic rings. The molecule has 1 heterocycles. The van der Waals surface area contributed by atoms with Gasteiger partial charge in [-0.15, -0.1) is 5.10 Å². The highest BCUT2D eigenvalue weighted by atomic mass is 32.1. The lowest BCUT2D eigenvalue weighted by Crippen LogP contribution is -2.42. The van der Waals surface area contributed by atoms with E-state index in [-0.39, 0.29) is 18.1 Å². The van der Waals surface area contributed by atoms with E-state index in [0.717, 1.165) is 10.4 Å². The van der Waals surface area contributed by atoms with Crippen molar-refractivity contribution in [1.29, 1.82) is 0 Å². The van der Waals surface area contributed by atoms with Crippen molar-refractivity contribution in [1.82, 2.24) is 19.8 Å². The van der Waals surface area contributed by atoms with Gasteiger partial charge in [0.2, 0.25) is 0 Å². The molecule has 2 rings (SSSR count). The van der Waals surface area contributed by atoms with Crippen molar-refractivity contribution in [3.63, 3.8) is 0 Å². The molecule has 0 saturated heterocycles. The van der Waals surface area contributed by atoms with Crippen LogP contribution in [0.25, 0.3) is 10.4 Å². The van der Waals surface area contributed by atoms with Crippen LogP contribution in [-0.4, -0.2) is 64.4 Å². The molecule has 26 heavy (non-hydrogen) atoms. The molecule has 8 heteroatoms. The highest BCUT2D eigenvalue weighted by Gasteiger charge is 2.19. The number of nitrogens with zero attached hydrogens (tertiary/aromatic N) is 3. The summed E-state index contributed by atoms with van der Waals surface area (Å²) in [5.74, 6) is 0.477. The van der Waals surface area contributed by atoms with E-state index in [1.54, 1.807) is 14.1 Å². The fourth-order valence-corrected chi connectivity index (χ4v) is 2.77. The number of carbonyl (C=O) groups excluding carboxylic acids is 1. The van der Waals surface area contributed by atoms with Crippen LogP contribution >= 0.6 is 11.5 Å². The van der Waals surface area contributed by atoms with Crippen molar-refractivity contribution in [2.45, 2.75) is 32.4 Å². The minimum atomic E-state index is -0.594. The molecule has 1 aromatic heterocycles. The molecule has 142 valence electrons. The average Bonchev–Trinajstić information content (AvgIpc) is 3.06. The van der Waals surface area contributed by atoms with Gasteiger partial charge in [-0.3, -0.25) is 4.79 Å². The van der Waals surface area contributed by atoms with Crippen LogP contribution in [0.1, 0.15) is 31.3 Å². The Labute approximate surface area is 158 Å². The third kappa shape index (κ3) is 5.76. The number of aliphatic hydroxyl groups is 1. The molecule has 0 aliphatic carbocycles. The Morgan fingerprint density at radius 2 is 1.96 bits per heavy atom. The Kier molecular flexibility index (Phi) is 6.69. The molecular formula is C18H26N4O3S. The minimum Gasteiger partial charge on any atom is -0.491 e. The SMILES string of the molecule is CN(C)C(=O)c1nnsc1-c1ccc(OCC(O)CNC(C)(C)C)cc1. The standard InChI is InChI=1S/C18H26N4O3S/c1-18(2,3)19-10-13(23)11-25-14-8-6-12(7-9-14)16-15(20-21-26-16)17(24)22(4)5/h6-9,13,19,23H,10-11H2,1-5H3. The van der Waals surface area contributed by atoms with E-state index in [9.17, 15) is 9.90 Å². The lowest BCUT2D eigenvalue weighted by Gasteiger charge is -2.23. The lowest BCUT2D eigenvalue weighted by molar-refractivity contribution is 0.0822. The van der Waals surface area contributed by atoms with Crippen LogP contribution in [-0.2, 0) is 0 Å². The molecule has 2 N–H and O–H groups in total. The van der Waals surface area contributed by atoms with Crippen molar-refractivity contribution < 1.29 is 14.6 Å². The highest BCUT2D eigenvalue weighted by Crippen LogP contribution is 2.28. The van der Waals surface area contributed by atoms with Gasteiger partial charge in [-0.2, -0.15) is 0 Å². The fourth-order valence-electron chi connectivity index (χ4n) is 2.11. The predicted molar refractivity (Wildman–Crippen MR) is 103 cm³/mol. The summed E-state index contributed by atoms with van der Waals surface area (Å²) in [5.41, 5.74) is 1.15. The topological polar surface area (TPSA) is 87.6 Å². The van der Waals surface area contributed by atoms with Gasteiger partial charge in [0.1, 0.15) is 18.5 Å². The van der Waals surface area contributed by atoms with E-state index in [2.05, 4.69) is 14.9 Å². The number of β-amino-alcohol motifs (C(OH)–C–C–N with tert-alkyl or cyclic N) is 1. The molecule has 0 aliphatic heterocycles. The second kappa shape index (κ2) is 8.57. The molecule has 0 fully saturated rings. The first kappa shape index (κ1) is 20.3. The lowest BCUT2D eigenvalue weighted by atomic mass is 10.1. The highest BCUT2D eigenvalue weighted by molar-refractivity contribution is 7.09. The van der Waals surface area contributed by atoms with Crippen LogP contribution in [0, 0.1) is 0 Å². The predicted octanol–water partition coefficient (Wildman–Crippen LogP) is 2.03. The maximum atomic E-state index is 12.1. The summed E-state index contributed by atoms with van der Waals surface area (Å²) in [6.07, 6.45) is -0.594. The third-order valence-corrected chi connectivity index (χ3v) is 4.30. The summed E-state index contributed by atoms with van der Waals surface area (Å²) < 4.78 is 9.53. The Balaban J connectivity index is 1.97. The van der Waals surface area contributed by atoms with Gasteiger partial charge in [0, 0.05) is 26.2 Å². The first-order chi connectivity index (χ1) is 12.2. The zero-order chi connectivity index (χ0) is 19.3. The smallest absolute Gasteiger partial charge is 0.275 e. The van der Waals surface area contributed by atoms with Crippen molar-refractivity contribution in [2.75, 3.05) is 27.2 Å².